The first-order valence-corrected chi connectivity index (χ1v) is 9.73. The minimum absolute atomic E-state index is 0.0650. The summed E-state index contributed by atoms with van der Waals surface area (Å²) in [7, 11) is 0. The number of amides is 2. The predicted molar refractivity (Wildman–Crippen MR) is 115 cm³/mol. The van der Waals surface area contributed by atoms with E-state index < -0.39 is 11.7 Å². The number of hydrogen-bond donors (Lipinski definition) is 0. The second-order valence-electron chi connectivity index (χ2n) is 7.87. The lowest BCUT2D eigenvalue weighted by Gasteiger charge is -2.29. The van der Waals surface area contributed by atoms with Gasteiger partial charge in [0.25, 0.3) is 0 Å². The maximum Gasteiger partial charge on any atom is 0.411 e. The third kappa shape index (κ3) is 7.82. The van der Waals surface area contributed by atoms with Crippen molar-refractivity contribution in [1.29, 1.82) is 0 Å². The van der Waals surface area contributed by atoms with E-state index in [-0.39, 0.29) is 12.5 Å². The number of nitrogens with zero attached hydrogens (tertiary/aromatic N) is 2. The molecule has 0 aromatic heterocycles. The highest BCUT2D eigenvalue weighted by atomic mass is 16.6. The van der Waals surface area contributed by atoms with Crippen molar-refractivity contribution in [3.8, 4) is 0 Å². The van der Waals surface area contributed by atoms with E-state index in [1.807, 2.05) is 81.4 Å². The average molecular weight is 395 g/mol. The molecule has 0 aliphatic heterocycles. The normalized spacial score (nSPS) is 10.9. The lowest BCUT2D eigenvalue weighted by atomic mass is 10.2. The second-order valence-corrected chi connectivity index (χ2v) is 7.87. The van der Waals surface area contributed by atoms with Gasteiger partial charge in [-0.2, -0.15) is 0 Å². The van der Waals surface area contributed by atoms with E-state index in [1.165, 1.54) is 4.90 Å². The van der Waals surface area contributed by atoms with Crippen LogP contribution in [-0.4, -0.2) is 40.5 Å². The average Bonchev–Trinajstić information content (AvgIpc) is 2.67. The third-order valence-electron chi connectivity index (χ3n) is 4.11. The van der Waals surface area contributed by atoms with Crippen molar-refractivity contribution in [1.82, 2.24) is 9.80 Å². The van der Waals surface area contributed by atoms with E-state index in [2.05, 4.69) is 6.58 Å². The molecule has 0 bridgehead atoms. The van der Waals surface area contributed by atoms with Crippen LogP contribution in [0.3, 0.4) is 0 Å². The van der Waals surface area contributed by atoms with E-state index in [1.54, 1.807) is 11.0 Å². The fraction of sp³-hybridized carbons (Fsp3) is 0.333. The molecule has 5 heteroatoms. The highest BCUT2D eigenvalue weighted by molar-refractivity contribution is 5.82. The molecule has 0 atom stereocenters. The highest BCUT2D eigenvalue weighted by Gasteiger charge is 2.26. The van der Waals surface area contributed by atoms with Gasteiger partial charge in [-0.1, -0.05) is 66.7 Å². The molecule has 29 heavy (non-hydrogen) atoms. The monoisotopic (exact) mass is 394 g/mol. The Labute approximate surface area is 173 Å². The minimum Gasteiger partial charge on any atom is -0.444 e. The van der Waals surface area contributed by atoms with Gasteiger partial charge in [0, 0.05) is 19.6 Å². The van der Waals surface area contributed by atoms with Crippen molar-refractivity contribution in [2.75, 3.05) is 13.1 Å². The Kier molecular flexibility index (Phi) is 8.01. The van der Waals surface area contributed by atoms with Crippen molar-refractivity contribution in [2.45, 2.75) is 39.5 Å². The Balaban J connectivity index is 2.16. The zero-order chi connectivity index (χ0) is 21.3. The molecule has 0 spiro atoms. The van der Waals surface area contributed by atoms with Gasteiger partial charge < -0.3 is 9.64 Å². The third-order valence-corrected chi connectivity index (χ3v) is 4.11. The summed E-state index contributed by atoms with van der Waals surface area (Å²) >= 11 is 0. The van der Waals surface area contributed by atoms with Gasteiger partial charge in [-0.05, 0) is 31.9 Å². The molecule has 0 saturated heterocycles. The number of carbonyl (C=O) groups is 2. The largest absolute Gasteiger partial charge is 0.444 e. The number of carbonyl (C=O) groups excluding carboxylic acids is 2. The van der Waals surface area contributed by atoms with Gasteiger partial charge in [0.2, 0.25) is 5.91 Å². The summed E-state index contributed by atoms with van der Waals surface area (Å²) in [5.41, 5.74) is 1.32. The summed E-state index contributed by atoms with van der Waals surface area (Å²) in [6.07, 6.45) is 1.18. The molecule has 0 saturated carbocycles. The van der Waals surface area contributed by atoms with Crippen LogP contribution >= 0.6 is 0 Å². The first kappa shape index (κ1) is 22.2. The van der Waals surface area contributed by atoms with Crippen LogP contribution in [0, 0.1) is 0 Å². The molecule has 0 radical (unpaired) electrons. The Morgan fingerprint density at radius 2 is 1.38 bits per heavy atom. The summed E-state index contributed by atoms with van der Waals surface area (Å²) in [6, 6.07) is 19.3. The number of ether oxygens (including phenoxy) is 1. The van der Waals surface area contributed by atoms with E-state index in [0.717, 1.165) is 11.1 Å². The first-order chi connectivity index (χ1) is 13.8. The molecule has 2 amide bonds. The maximum atomic E-state index is 13.0. The van der Waals surface area contributed by atoms with Crippen molar-refractivity contribution >= 4 is 12.0 Å². The molecule has 0 aliphatic carbocycles. The summed E-state index contributed by atoms with van der Waals surface area (Å²) in [4.78, 5) is 28.9. The Morgan fingerprint density at radius 1 is 0.897 bits per heavy atom. The molecule has 154 valence electrons. The molecule has 0 heterocycles. The number of rotatable bonds is 8. The molecule has 2 rings (SSSR count). The fourth-order valence-corrected chi connectivity index (χ4v) is 2.79. The zero-order valence-corrected chi connectivity index (χ0v) is 17.5. The van der Waals surface area contributed by atoms with Gasteiger partial charge in [-0.15, -0.1) is 6.58 Å². The summed E-state index contributed by atoms with van der Waals surface area (Å²) in [5, 5.41) is 0. The quantitative estimate of drug-likeness (QED) is 0.613. The van der Waals surface area contributed by atoms with Gasteiger partial charge in [0.15, 0.2) is 0 Å². The Bertz CT molecular complexity index is 798. The standard InChI is InChI=1S/C24H30N2O3/c1-5-16-25(17-20-12-8-6-9-13-20)22(27)19-26(23(28)29-24(2,3)4)18-21-14-10-7-11-15-21/h5-15H,1,16-19H2,2-4H3. The lowest BCUT2D eigenvalue weighted by molar-refractivity contribution is -0.132. The van der Waals surface area contributed by atoms with Crippen LogP contribution in [0.1, 0.15) is 31.9 Å². The van der Waals surface area contributed by atoms with Crippen molar-refractivity contribution in [3.63, 3.8) is 0 Å². The van der Waals surface area contributed by atoms with Crippen LogP contribution in [-0.2, 0) is 22.6 Å². The van der Waals surface area contributed by atoms with Crippen LogP contribution in [0.15, 0.2) is 73.3 Å². The molecule has 2 aromatic rings. The summed E-state index contributed by atoms with van der Waals surface area (Å²) in [5.74, 6) is -0.157. The van der Waals surface area contributed by atoms with E-state index >= 15 is 0 Å². The Morgan fingerprint density at radius 3 is 1.83 bits per heavy atom. The number of benzene rings is 2. The maximum absolute atomic E-state index is 13.0. The van der Waals surface area contributed by atoms with Gasteiger partial charge in [-0.3, -0.25) is 9.69 Å². The van der Waals surface area contributed by atoms with E-state index in [4.69, 9.17) is 4.74 Å². The summed E-state index contributed by atoms with van der Waals surface area (Å²) in [6.45, 7) is 10.3. The molecular weight excluding hydrogens is 364 g/mol. The smallest absolute Gasteiger partial charge is 0.411 e. The molecule has 0 fully saturated rings. The van der Waals surface area contributed by atoms with Crippen LogP contribution in [0.2, 0.25) is 0 Å². The molecule has 0 aliphatic rings. The predicted octanol–water partition coefficient (Wildman–Crippen LogP) is 4.64. The minimum atomic E-state index is -0.639. The molecule has 0 unspecified atom stereocenters. The van der Waals surface area contributed by atoms with Crippen molar-refractivity contribution in [3.05, 3.63) is 84.4 Å². The topological polar surface area (TPSA) is 49.9 Å². The second kappa shape index (κ2) is 10.5. The fourth-order valence-electron chi connectivity index (χ4n) is 2.79. The van der Waals surface area contributed by atoms with Crippen LogP contribution in [0.5, 0.6) is 0 Å². The summed E-state index contributed by atoms with van der Waals surface area (Å²) < 4.78 is 5.53. The van der Waals surface area contributed by atoms with Crippen molar-refractivity contribution < 1.29 is 14.3 Å². The van der Waals surface area contributed by atoms with Gasteiger partial charge in [-0.25, -0.2) is 4.79 Å². The highest BCUT2D eigenvalue weighted by Crippen LogP contribution is 2.14. The van der Waals surface area contributed by atoms with Crippen molar-refractivity contribution in [2.24, 2.45) is 0 Å². The molecule has 2 aromatic carbocycles. The van der Waals surface area contributed by atoms with E-state index in [9.17, 15) is 9.59 Å². The first-order valence-electron chi connectivity index (χ1n) is 9.73. The SMILES string of the molecule is C=CCN(Cc1ccccc1)C(=O)CN(Cc1ccccc1)C(=O)OC(C)(C)C. The van der Waals surface area contributed by atoms with Crippen LogP contribution < -0.4 is 0 Å². The number of hydrogen-bond acceptors (Lipinski definition) is 3. The Hall–Kier alpha value is -3.08. The van der Waals surface area contributed by atoms with Gasteiger partial charge in [0.1, 0.15) is 12.1 Å². The van der Waals surface area contributed by atoms with Crippen LogP contribution in [0.25, 0.3) is 0 Å². The van der Waals surface area contributed by atoms with E-state index in [0.29, 0.717) is 19.6 Å². The van der Waals surface area contributed by atoms with Gasteiger partial charge >= 0.3 is 6.09 Å². The zero-order valence-electron chi connectivity index (χ0n) is 17.5. The van der Waals surface area contributed by atoms with Crippen LogP contribution in [0.4, 0.5) is 4.79 Å². The molecular formula is C24H30N2O3. The molecule has 0 N–H and O–H groups in total. The molecule has 5 nitrogen and oxygen atoms in total. The van der Waals surface area contributed by atoms with Gasteiger partial charge in [0.05, 0.1) is 0 Å². The lowest BCUT2D eigenvalue weighted by Crippen LogP contribution is -2.44.